The number of hydrogen-bond donors (Lipinski definition) is 1. The molecule has 0 aliphatic heterocycles. The number of hydrogen-bond acceptors (Lipinski definition) is 5. The molecule has 0 fully saturated rings. The highest BCUT2D eigenvalue weighted by atomic mass is 35.5. The molecular weight excluding hydrogens is 314 g/mol. The summed E-state index contributed by atoms with van der Waals surface area (Å²) in [6, 6.07) is 3.74. The molecule has 0 saturated heterocycles. The third kappa shape index (κ3) is 3.94. The van der Waals surface area contributed by atoms with Gasteiger partial charge in [-0.15, -0.1) is 0 Å². The molecule has 2 rings (SSSR count). The van der Waals surface area contributed by atoms with Crippen LogP contribution < -0.4 is 5.32 Å². The molecule has 4 nitrogen and oxygen atoms in total. The van der Waals surface area contributed by atoms with Gasteiger partial charge in [-0.2, -0.15) is 11.8 Å². The molecule has 0 aliphatic rings. The van der Waals surface area contributed by atoms with Gasteiger partial charge in [0.05, 0.1) is 0 Å². The average Bonchev–Trinajstić information content (AvgIpc) is 2.81. The van der Waals surface area contributed by atoms with E-state index in [2.05, 4.69) is 15.3 Å². The van der Waals surface area contributed by atoms with Gasteiger partial charge in [-0.1, -0.05) is 29.9 Å². The monoisotopic (exact) mass is 327 g/mol. The molecular formula is C13H14ClN3OS2. The number of amides is 1. The lowest BCUT2D eigenvalue weighted by molar-refractivity contribution is -0.116. The van der Waals surface area contributed by atoms with E-state index >= 15 is 0 Å². The number of halogens is 1. The van der Waals surface area contributed by atoms with E-state index in [1.807, 2.05) is 25.3 Å². The number of anilines is 1. The Morgan fingerprint density at radius 3 is 3.05 bits per heavy atom. The fraction of sp³-hybridized carbons (Fsp3) is 0.308. The number of thioether (sulfide) groups is 1. The number of thiazole rings is 1. The number of pyridine rings is 1. The molecule has 0 spiro atoms. The Labute approximate surface area is 131 Å². The Morgan fingerprint density at radius 1 is 1.60 bits per heavy atom. The molecule has 0 aliphatic carbocycles. The van der Waals surface area contributed by atoms with Gasteiger partial charge in [-0.05, 0) is 18.4 Å². The summed E-state index contributed by atoms with van der Waals surface area (Å²) in [4.78, 5) is 20.2. The zero-order valence-corrected chi connectivity index (χ0v) is 13.5. The van der Waals surface area contributed by atoms with Gasteiger partial charge in [0.25, 0.3) is 0 Å². The number of carbonyl (C=O) groups is 1. The van der Waals surface area contributed by atoms with Crippen LogP contribution in [0.2, 0.25) is 5.15 Å². The highest BCUT2D eigenvalue weighted by molar-refractivity contribution is 7.99. The number of rotatable bonds is 5. The van der Waals surface area contributed by atoms with E-state index < -0.39 is 0 Å². The van der Waals surface area contributed by atoms with Crippen LogP contribution in [0.5, 0.6) is 0 Å². The van der Waals surface area contributed by atoms with Crippen molar-refractivity contribution in [1.29, 1.82) is 0 Å². The summed E-state index contributed by atoms with van der Waals surface area (Å²) in [5, 5.41) is 4.75. The van der Waals surface area contributed by atoms with Crippen molar-refractivity contribution in [2.75, 3.05) is 11.6 Å². The first-order valence-corrected chi connectivity index (χ1v) is 8.47. The first-order valence-electron chi connectivity index (χ1n) is 5.99. The standard InChI is InChI=1S/C13H14ClN3OS2/c1-8(19-2)6-10(18)16-13-11(14)17-12(20-13)9-4-3-5-15-7-9/h3-5,7-8H,6H2,1-2H3,(H,16,18). The van der Waals surface area contributed by atoms with Crippen molar-refractivity contribution >= 4 is 45.6 Å². The SMILES string of the molecule is CSC(C)CC(=O)Nc1sc(-c2cccnc2)nc1Cl. The van der Waals surface area contributed by atoms with Crippen LogP contribution in [0.15, 0.2) is 24.5 Å². The van der Waals surface area contributed by atoms with Crippen molar-refractivity contribution < 1.29 is 4.79 Å². The summed E-state index contributed by atoms with van der Waals surface area (Å²) >= 11 is 9.08. The summed E-state index contributed by atoms with van der Waals surface area (Å²) in [7, 11) is 0. The highest BCUT2D eigenvalue weighted by Gasteiger charge is 2.15. The van der Waals surface area contributed by atoms with Crippen LogP contribution in [0.1, 0.15) is 13.3 Å². The Morgan fingerprint density at radius 2 is 2.40 bits per heavy atom. The Balaban J connectivity index is 2.10. The maximum atomic E-state index is 11.9. The summed E-state index contributed by atoms with van der Waals surface area (Å²) in [6.07, 6.45) is 5.86. The first kappa shape index (κ1) is 15.3. The van der Waals surface area contributed by atoms with Crippen LogP contribution in [-0.2, 0) is 4.79 Å². The largest absolute Gasteiger partial charge is 0.315 e. The smallest absolute Gasteiger partial charge is 0.226 e. The summed E-state index contributed by atoms with van der Waals surface area (Å²) in [5.74, 6) is -0.0462. The zero-order valence-electron chi connectivity index (χ0n) is 11.1. The van der Waals surface area contributed by atoms with Crippen molar-refractivity contribution in [1.82, 2.24) is 9.97 Å². The van der Waals surface area contributed by atoms with E-state index in [9.17, 15) is 4.79 Å². The Kier molecular flexibility index (Phi) is 5.39. The van der Waals surface area contributed by atoms with Gasteiger partial charge in [0.2, 0.25) is 5.91 Å². The third-order valence-corrected chi connectivity index (χ3v) is 5.00. The van der Waals surface area contributed by atoms with Gasteiger partial charge in [0, 0.05) is 29.6 Å². The van der Waals surface area contributed by atoms with E-state index in [1.165, 1.54) is 11.3 Å². The van der Waals surface area contributed by atoms with Crippen LogP contribution in [0.4, 0.5) is 5.00 Å². The van der Waals surface area contributed by atoms with Gasteiger partial charge in [-0.25, -0.2) is 4.98 Å². The average molecular weight is 328 g/mol. The maximum Gasteiger partial charge on any atom is 0.226 e. The minimum absolute atomic E-state index is 0.0462. The molecule has 2 aromatic rings. The predicted octanol–water partition coefficient (Wildman–Crippen LogP) is 3.94. The lowest BCUT2D eigenvalue weighted by Crippen LogP contribution is -2.15. The van der Waals surface area contributed by atoms with Crippen LogP contribution >= 0.6 is 34.7 Å². The quantitative estimate of drug-likeness (QED) is 0.903. The summed E-state index contributed by atoms with van der Waals surface area (Å²) in [5.41, 5.74) is 0.886. The Hall–Kier alpha value is -1.11. The second kappa shape index (κ2) is 7.06. The van der Waals surface area contributed by atoms with E-state index in [-0.39, 0.29) is 11.2 Å². The summed E-state index contributed by atoms with van der Waals surface area (Å²) in [6.45, 7) is 2.01. The van der Waals surface area contributed by atoms with Crippen LogP contribution in [-0.4, -0.2) is 27.4 Å². The molecule has 2 heterocycles. The molecule has 2 aromatic heterocycles. The maximum absolute atomic E-state index is 11.9. The van der Waals surface area contributed by atoms with Gasteiger partial charge < -0.3 is 5.32 Å². The van der Waals surface area contributed by atoms with E-state index in [0.717, 1.165) is 10.6 Å². The molecule has 106 valence electrons. The third-order valence-electron chi connectivity index (χ3n) is 2.62. The first-order chi connectivity index (χ1) is 9.60. The number of carbonyl (C=O) groups excluding carboxylic acids is 1. The molecule has 1 unspecified atom stereocenters. The zero-order chi connectivity index (χ0) is 14.5. The molecule has 0 saturated carbocycles. The van der Waals surface area contributed by atoms with Gasteiger partial charge in [0.15, 0.2) is 5.15 Å². The highest BCUT2D eigenvalue weighted by Crippen LogP contribution is 2.34. The van der Waals surface area contributed by atoms with Crippen molar-refractivity contribution in [2.24, 2.45) is 0 Å². The molecule has 1 amide bonds. The molecule has 20 heavy (non-hydrogen) atoms. The van der Waals surface area contributed by atoms with Crippen molar-refractivity contribution in [3.63, 3.8) is 0 Å². The molecule has 0 bridgehead atoms. The van der Waals surface area contributed by atoms with Gasteiger partial charge in [-0.3, -0.25) is 9.78 Å². The van der Waals surface area contributed by atoms with Crippen molar-refractivity contribution in [2.45, 2.75) is 18.6 Å². The lowest BCUT2D eigenvalue weighted by atomic mass is 10.3. The molecule has 0 aromatic carbocycles. The molecule has 7 heteroatoms. The van der Waals surface area contributed by atoms with E-state index in [0.29, 0.717) is 16.6 Å². The minimum Gasteiger partial charge on any atom is -0.315 e. The van der Waals surface area contributed by atoms with Gasteiger partial charge in [0.1, 0.15) is 10.0 Å². The predicted molar refractivity (Wildman–Crippen MR) is 86.6 cm³/mol. The van der Waals surface area contributed by atoms with Crippen molar-refractivity contribution in [3.8, 4) is 10.6 Å². The second-order valence-electron chi connectivity index (χ2n) is 4.18. The number of nitrogens with one attached hydrogen (secondary N) is 1. The van der Waals surface area contributed by atoms with E-state index in [1.54, 1.807) is 24.2 Å². The topological polar surface area (TPSA) is 54.9 Å². The minimum atomic E-state index is -0.0462. The van der Waals surface area contributed by atoms with Crippen LogP contribution in [0.3, 0.4) is 0 Å². The normalized spacial score (nSPS) is 12.2. The number of nitrogens with zero attached hydrogens (tertiary/aromatic N) is 2. The van der Waals surface area contributed by atoms with Crippen molar-refractivity contribution in [3.05, 3.63) is 29.7 Å². The van der Waals surface area contributed by atoms with E-state index in [4.69, 9.17) is 11.6 Å². The second-order valence-corrected chi connectivity index (χ2v) is 6.81. The fourth-order valence-corrected chi connectivity index (χ4v) is 2.99. The van der Waals surface area contributed by atoms with Crippen LogP contribution in [0, 0.1) is 0 Å². The van der Waals surface area contributed by atoms with Gasteiger partial charge >= 0.3 is 0 Å². The van der Waals surface area contributed by atoms with Crippen LogP contribution in [0.25, 0.3) is 10.6 Å². The number of aromatic nitrogens is 2. The Bertz CT molecular complexity index is 589. The summed E-state index contributed by atoms with van der Waals surface area (Å²) < 4.78 is 0. The fourth-order valence-electron chi connectivity index (χ4n) is 1.51. The molecule has 1 N–H and O–H groups in total. The lowest BCUT2D eigenvalue weighted by Gasteiger charge is -2.07. The molecule has 1 atom stereocenters. The molecule has 0 radical (unpaired) electrons.